The first-order valence-corrected chi connectivity index (χ1v) is 12.8. The third kappa shape index (κ3) is 6.40. The minimum atomic E-state index is -5.01. The second kappa shape index (κ2) is 11.5. The maximum absolute atomic E-state index is 13.3. The number of morpholine rings is 1. The molecular formula is C29H24F6N4O3. The zero-order valence-electron chi connectivity index (χ0n) is 22.2. The second-order valence-corrected chi connectivity index (χ2v) is 9.65. The minimum Gasteiger partial charge on any atom is -0.406 e. The van der Waals surface area contributed by atoms with Crippen LogP contribution in [0.5, 0.6) is 5.75 Å². The number of alkyl halides is 6. The number of hydrogen-bond acceptors (Lipinski definition) is 6. The lowest BCUT2D eigenvalue weighted by Crippen LogP contribution is -2.37. The quantitative estimate of drug-likeness (QED) is 0.238. The first-order valence-electron chi connectivity index (χ1n) is 12.8. The van der Waals surface area contributed by atoms with Gasteiger partial charge in [-0.25, -0.2) is 14.8 Å². The van der Waals surface area contributed by atoms with E-state index in [0.29, 0.717) is 55.6 Å². The number of nitrogens with zero attached hydrogens (tertiary/aromatic N) is 4. The van der Waals surface area contributed by atoms with E-state index < -0.39 is 36.1 Å². The van der Waals surface area contributed by atoms with Gasteiger partial charge in [0.1, 0.15) is 5.69 Å². The van der Waals surface area contributed by atoms with Gasteiger partial charge in [-0.3, -0.25) is 0 Å². The smallest absolute Gasteiger partial charge is 0.406 e. The molecule has 1 saturated heterocycles. The summed E-state index contributed by atoms with van der Waals surface area (Å²) in [5, 5.41) is 1.72. The highest BCUT2D eigenvalue weighted by molar-refractivity contribution is 5.97. The fourth-order valence-electron chi connectivity index (χ4n) is 4.60. The van der Waals surface area contributed by atoms with Crippen molar-refractivity contribution in [3.63, 3.8) is 0 Å². The van der Waals surface area contributed by atoms with E-state index in [4.69, 9.17) is 14.5 Å². The zero-order valence-corrected chi connectivity index (χ0v) is 22.2. The molecule has 0 aliphatic carbocycles. The van der Waals surface area contributed by atoms with Crippen molar-refractivity contribution in [2.45, 2.75) is 18.9 Å². The van der Waals surface area contributed by atoms with Crippen LogP contribution in [-0.2, 0) is 23.6 Å². The maximum atomic E-state index is 13.3. The average Bonchev–Trinajstić information content (AvgIpc) is 2.96. The molecule has 1 amide bonds. The first-order chi connectivity index (χ1) is 19.9. The average molecular weight is 591 g/mol. The fourth-order valence-corrected chi connectivity index (χ4v) is 4.60. The topological polar surface area (TPSA) is 67.8 Å². The Bertz CT molecular complexity index is 1570. The van der Waals surface area contributed by atoms with Gasteiger partial charge in [-0.2, -0.15) is 26.3 Å². The third-order valence-corrected chi connectivity index (χ3v) is 6.66. The largest absolute Gasteiger partial charge is 0.416 e. The number of aromatic nitrogens is 2. The highest BCUT2D eigenvalue weighted by Gasteiger charge is 2.37. The van der Waals surface area contributed by atoms with E-state index in [1.165, 1.54) is 13.2 Å². The van der Waals surface area contributed by atoms with Gasteiger partial charge in [0.25, 0.3) is 0 Å². The number of carbonyl (C=O) groups is 1. The molecule has 1 fully saturated rings. The predicted molar refractivity (Wildman–Crippen MR) is 142 cm³/mol. The molecule has 0 unspecified atom stereocenters. The Labute approximate surface area is 236 Å². The number of anilines is 1. The van der Waals surface area contributed by atoms with Crippen molar-refractivity contribution in [1.82, 2.24) is 14.9 Å². The summed E-state index contributed by atoms with van der Waals surface area (Å²) in [7, 11) is 1.20. The van der Waals surface area contributed by atoms with Gasteiger partial charge in [-0.15, -0.1) is 0 Å². The van der Waals surface area contributed by atoms with Crippen molar-refractivity contribution in [3.8, 4) is 17.0 Å². The molecule has 3 aromatic carbocycles. The summed E-state index contributed by atoms with van der Waals surface area (Å²) >= 11 is 0. The maximum Gasteiger partial charge on any atom is 0.416 e. The minimum absolute atomic E-state index is 0.0276. The monoisotopic (exact) mass is 590 g/mol. The van der Waals surface area contributed by atoms with Gasteiger partial charge < -0.3 is 19.3 Å². The van der Waals surface area contributed by atoms with Crippen molar-refractivity contribution in [1.29, 1.82) is 0 Å². The van der Waals surface area contributed by atoms with E-state index in [-0.39, 0.29) is 17.4 Å². The normalized spacial score (nSPS) is 14.2. The molecule has 42 heavy (non-hydrogen) atoms. The van der Waals surface area contributed by atoms with Crippen LogP contribution in [0.3, 0.4) is 0 Å². The van der Waals surface area contributed by atoms with Gasteiger partial charge in [0.2, 0.25) is 5.95 Å². The number of carbonyl (C=O) groups excluding carboxylic acids is 1. The summed E-state index contributed by atoms with van der Waals surface area (Å²) in [6.45, 7) is 1.49. The highest BCUT2D eigenvalue weighted by Crippen LogP contribution is 2.37. The van der Waals surface area contributed by atoms with Gasteiger partial charge in [0.05, 0.1) is 30.5 Å². The molecule has 1 aliphatic rings. The zero-order chi connectivity index (χ0) is 30.1. The first kappa shape index (κ1) is 29.1. The molecule has 4 aromatic rings. The van der Waals surface area contributed by atoms with E-state index in [0.717, 1.165) is 15.7 Å². The molecular weight excluding hydrogens is 566 g/mol. The van der Waals surface area contributed by atoms with Gasteiger partial charge in [-0.1, -0.05) is 42.5 Å². The van der Waals surface area contributed by atoms with E-state index in [2.05, 4.69) is 4.98 Å². The summed E-state index contributed by atoms with van der Waals surface area (Å²) in [4.78, 5) is 24.9. The number of halogens is 6. The Hall–Kier alpha value is -4.39. The number of benzene rings is 3. The molecule has 0 saturated carbocycles. The van der Waals surface area contributed by atoms with E-state index in [1.807, 2.05) is 41.3 Å². The SMILES string of the molecule is CN(Cc1cc(C(F)(F)F)cc(C(F)(F)F)c1)C(=O)Oc1cnc(N2CCOCC2)nc1-c1cccc2ccccc12. The second-order valence-electron chi connectivity index (χ2n) is 9.65. The van der Waals surface area contributed by atoms with Crippen molar-refractivity contribution >= 4 is 22.8 Å². The Kier molecular flexibility index (Phi) is 7.95. The van der Waals surface area contributed by atoms with Crippen molar-refractivity contribution in [2.75, 3.05) is 38.3 Å². The summed E-state index contributed by atoms with van der Waals surface area (Å²) in [6, 6.07) is 14.2. The van der Waals surface area contributed by atoms with Crippen LogP contribution in [0, 0.1) is 0 Å². The lowest BCUT2D eigenvalue weighted by Gasteiger charge is -2.27. The lowest BCUT2D eigenvalue weighted by atomic mass is 10.0. The predicted octanol–water partition coefficient (Wildman–Crippen LogP) is 6.80. The molecule has 0 radical (unpaired) electrons. The van der Waals surface area contributed by atoms with Gasteiger partial charge >= 0.3 is 18.4 Å². The molecule has 1 aromatic heterocycles. The molecule has 2 heterocycles. The van der Waals surface area contributed by atoms with Crippen molar-refractivity contribution < 1.29 is 40.6 Å². The number of ether oxygens (including phenoxy) is 2. The standard InChI is InChI=1S/C29H24F6N4O3/c1-38(17-18-13-20(28(30,31)32)15-21(14-18)29(33,34)35)27(40)42-24-16-36-26(39-9-11-41-12-10-39)37-25(24)23-8-4-6-19-5-2-3-7-22(19)23/h2-8,13-16H,9-12,17H2,1H3. The van der Waals surface area contributed by atoms with Crippen LogP contribution in [0.15, 0.2) is 66.9 Å². The van der Waals surface area contributed by atoms with Crippen LogP contribution in [0.1, 0.15) is 16.7 Å². The Morgan fingerprint density at radius 3 is 2.26 bits per heavy atom. The Morgan fingerprint density at radius 2 is 1.60 bits per heavy atom. The van der Waals surface area contributed by atoms with Crippen LogP contribution >= 0.6 is 0 Å². The summed E-state index contributed by atoms with van der Waals surface area (Å²) in [5.41, 5.74) is -2.38. The molecule has 1 aliphatic heterocycles. The van der Waals surface area contributed by atoms with E-state index >= 15 is 0 Å². The molecule has 0 atom stereocenters. The van der Waals surface area contributed by atoms with Crippen LogP contribution in [0.25, 0.3) is 22.0 Å². The summed E-state index contributed by atoms with van der Waals surface area (Å²) < 4.78 is 90.8. The molecule has 13 heteroatoms. The molecule has 0 N–H and O–H groups in total. The van der Waals surface area contributed by atoms with Crippen LogP contribution in [0.4, 0.5) is 37.1 Å². The van der Waals surface area contributed by atoms with Crippen LogP contribution in [0.2, 0.25) is 0 Å². The fraction of sp³-hybridized carbons (Fsp3) is 0.276. The lowest BCUT2D eigenvalue weighted by molar-refractivity contribution is -0.143. The van der Waals surface area contributed by atoms with Crippen molar-refractivity contribution in [2.24, 2.45) is 0 Å². The molecule has 0 spiro atoms. The summed E-state index contributed by atoms with van der Waals surface area (Å²) in [5.74, 6) is 0.360. The van der Waals surface area contributed by atoms with Gasteiger partial charge in [-0.05, 0) is 34.5 Å². The van der Waals surface area contributed by atoms with Crippen LogP contribution in [-0.4, -0.2) is 54.3 Å². The van der Waals surface area contributed by atoms with Crippen LogP contribution < -0.4 is 9.64 Å². The number of amides is 1. The number of hydrogen-bond donors (Lipinski definition) is 0. The Morgan fingerprint density at radius 1 is 0.952 bits per heavy atom. The summed E-state index contributed by atoms with van der Waals surface area (Å²) in [6.07, 6.45) is -9.72. The third-order valence-electron chi connectivity index (χ3n) is 6.66. The van der Waals surface area contributed by atoms with Crippen molar-refractivity contribution in [3.05, 3.63) is 83.6 Å². The molecule has 7 nitrogen and oxygen atoms in total. The van der Waals surface area contributed by atoms with Gasteiger partial charge in [0, 0.05) is 32.2 Å². The van der Waals surface area contributed by atoms with E-state index in [9.17, 15) is 31.1 Å². The number of rotatable bonds is 5. The van der Waals surface area contributed by atoms with Gasteiger partial charge in [0.15, 0.2) is 5.75 Å². The molecule has 0 bridgehead atoms. The Balaban J connectivity index is 1.47. The molecule has 5 rings (SSSR count). The van der Waals surface area contributed by atoms with E-state index in [1.54, 1.807) is 6.07 Å². The highest BCUT2D eigenvalue weighted by atomic mass is 19.4. The molecule has 220 valence electrons. The number of fused-ring (bicyclic) bond motifs is 1.